The normalized spacial score (nSPS) is 10.3. The van der Waals surface area contributed by atoms with Gasteiger partial charge in [0.1, 0.15) is 0 Å². The van der Waals surface area contributed by atoms with E-state index in [1.807, 2.05) is 12.1 Å². The summed E-state index contributed by atoms with van der Waals surface area (Å²) < 4.78 is 10.7. The van der Waals surface area contributed by atoms with Crippen molar-refractivity contribution in [2.45, 2.75) is 6.54 Å². The largest absolute Gasteiger partial charge is 0.493 e. The standard InChI is InChI=1S/C15H14Cl3NO2/c1-20-14-7-11(17)5-9(15(14)21-2)8-19-13-4-3-10(16)6-12(13)18/h3-7,19H,8H2,1-2H3. The first-order valence-corrected chi connectivity index (χ1v) is 7.28. The molecule has 0 aromatic heterocycles. The van der Waals surface area contributed by atoms with Crippen LogP contribution in [0.2, 0.25) is 15.1 Å². The lowest BCUT2D eigenvalue weighted by Crippen LogP contribution is -2.03. The van der Waals surface area contributed by atoms with Crippen molar-refractivity contribution in [3.63, 3.8) is 0 Å². The fourth-order valence-corrected chi connectivity index (χ4v) is 2.67. The van der Waals surface area contributed by atoms with E-state index in [1.54, 1.807) is 32.4 Å². The Bertz CT molecular complexity index is 647. The van der Waals surface area contributed by atoms with Crippen molar-refractivity contribution in [3.8, 4) is 11.5 Å². The maximum absolute atomic E-state index is 6.13. The summed E-state index contributed by atoms with van der Waals surface area (Å²) in [7, 11) is 3.16. The highest BCUT2D eigenvalue weighted by Gasteiger charge is 2.12. The third kappa shape index (κ3) is 3.88. The van der Waals surface area contributed by atoms with Crippen molar-refractivity contribution in [1.29, 1.82) is 0 Å². The first-order chi connectivity index (χ1) is 10.0. The summed E-state index contributed by atoms with van der Waals surface area (Å²) in [5.41, 5.74) is 1.65. The molecule has 0 bridgehead atoms. The second-order valence-corrected chi connectivity index (χ2v) is 5.56. The van der Waals surface area contributed by atoms with Crippen LogP contribution in [0.3, 0.4) is 0 Å². The third-order valence-corrected chi connectivity index (χ3v) is 3.69. The average Bonchev–Trinajstić information content (AvgIpc) is 2.45. The SMILES string of the molecule is COc1cc(Cl)cc(CNc2ccc(Cl)cc2Cl)c1OC. The molecule has 112 valence electrons. The van der Waals surface area contributed by atoms with Crippen molar-refractivity contribution in [3.05, 3.63) is 51.0 Å². The molecule has 0 heterocycles. The summed E-state index contributed by atoms with van der Waals surface area (Å²) in [6, 6.07) is 8.80. The molecule has 1 N–H and O–H groups in total. The molecule has 0 saturated heterocycles. The number of anilines is 1. The van der Waals surface area contributed by atoms with E-state index in [1.165, 1.54) is 0 Å². The summed E-state index contributed by atoms with van der Waals surface area (Å²) in [6.07, 6.45) is 0. The molecule has 21 heavy (non-hydrogen) atoms. The lowest BCUT2D eigenvalue weighted by molar-refractivity contribution is 0.352. The summed E-state index contributed by atoms with van der Waals surface area (Å²) >= 11 is 18.1. The molecule has 0 amide bonds. The maximum Gasteiger partial charge on any atom is 0.165 e. The zero-order valence-electron chi connectivity index (χ0n) is 11.5. The number of halogens is 3. The van der Waals surface area contributed by atoms with Gasteiger partial charge in [0.25, 0.3) is 0 Å². The predicted octanol–water partition coefficient (Wildman–Crippen LogP) is 5.28. The molecule has 0 fully saturated rings. The Labute approximate surface area is 138 Å². The Morgan fingerprint density at radius 3 is 2.33 bits per heavy atom. The third-order valence-electron chi connectivity index (χ3n) is 2.92. The summed E-state index contributed by atoms with van der Waals surface area (Å²) in [6.45, 7) is 0.488. The number of ether oxygens (including phenoxy) is 2. The molecular weight excluding hydrogens is 333 g/mol. The van der Waals surface area contributed by atoms with Crippen LogP contribution in [0, 0.1) is 0 Å². The van der Waals surface area contributed by atoms with Crippen molar-refractivity contribution < 1.29 is 9.47 Å². The van der Waals surface area contributed by atoms with E-state index in [-0.39, 0.29) is 0 Å². The lowest BCUT2D eigenvalue weighted by Gasteiger charge is -2.15. The fourth-order valence-electron chi connectivity index (χ4n) is 1.96. The van der Waals surface area contributed by atoms with Crippen LogP contribution in [-0.4, -0.2) is 14.2 Å². The van der Waals surface area contributed by atoms with Gasteiger partial charge in [-0.3, -0.25) is 0 Å². The van der Waals surface area contributed by atoms with E-state index in [0.29, 0.717) is 33.1 Å². The Morgan fingerprint density at radius 1 is 0.952 bits per heavy atom. The number of rotatable bonds is 5. The molecule has 0 aliphatic rings. The molecule has 0 unspecified atom stereocenters. The first kappa shape index (κ1) is 16.1. The lowest BCUT2D eigenvalue weighted by atomic mass is 10.1. The zero-order chi connectivity index (χ0) is 15.4. The number of nitrogens with one attached hydrogen (secondary N) is 1. The molecule has 0 atom stereocenters. The van der Waals surface area contributed by atoms with Crippen molar-refractivity contribution in [1.82, 2.24) is 0 Å². The molecule has 6 heteroatoms. The second kappa shape index (κ2) is 7.12. The van der Waals surface area contributed by atoms with Gasteiger partial charge in [0.05, 0.1) is 24.9 Å². The fraction of sp³-hybridized carbons (Fsp3) is 0.200. The maximum atomic E-state index is 6.13. The van der Waals surface area contributed by atoms with E-state index < -0.39 is 0 Å². The molecule has 2 aromatic carbocycles. The van der Waals surface area contributed by atoms with Crippen LogP contribution in [0.15, 0.2) is 30.3 Å². The average molecular weight is 347 g/mol. The van der Waals surface area contributed by atoms with Gasteiger partial charge in [0.2, 0.25) is 0 Å². The molecule has 0 spiro atoms. The van der Waals surface area contributed by atoms with Gasteiger partial charge in [-0.1, -0.05) is 34.8 Å². The molecule has 2 rings (SSSR count). The van der Waals surface area contributed by atoms with Crippen LogP contribution in [0.4, 0.5) is 5.69 Å². The molecular formula is C15H14Cl3NO2. The second-order valence-electron chi connectivity index (χ2n) is 4.28. The first-order valence-electron chi connectivity index (χ1n) is 6.14. The molecule has 0 radical (unpaired) electrons. The van der Waals surface area contributed by atoms with Gasteiger partial charge in [0.15, 0.2) is 11.5 Å². The molecule has 2 aromatic rings. The van der Waals surface area contributed by atoms with Crippen LogP contribution < -0.4 is 14.8 Å². The number of methoxy groups -OCH3 is 2. The van der Waals surface area contributed by atoms with E-state index >= 15 is 0 Å². The van der Waals surface area contributed by atoms with Crippen LogP contribution in [0.1, 0.15) is 5.56 Å². The van der Waals surface area contributed by atoms with Gasteiger partial charge in [-0.2, -0.15) is 0 Å². The van der Waals surface area contributed by atoms with Crippen LogP contribution in [0.5, 0.6) is 11.5 Å². The Morgan fingerprint density at radius 2 is 1.71 bits per heavy atom. The monoisotopic (exact) mass is 345 g/mol. The summed E-state index contributed by atoms with van der Waals surface area (Å²) in [4.78, 5) is 0. The smallest absolute Gasteiger partial charge is 0.165 e. The minimum Gasteiger partial charge on any atom is -0.493 e. The zero-order valence-corrected chi connectivity index (χ0v) is 13.8. The van der Waals surface area contributed by atoms with Crippen molar-refractivity contribution in [2.75, 3.05) is 19.5 Å². The van der Waals surface area contributed by atoms with E-state index in [4.69, 9.17) is 44.3 Å². The van der Waals surface area contributed by atoms with Crippen LogP contribution in [-0.2, 0) is 6.54 Å². The highest BCUT2D eigenvalue weighted by molar-refractivity contribution is 6.36. The summed E-state index contributed by atoms with van der Waals surface area (Å²) in [5, 5.41) is 4.94. The number of benzene rings is 2. The highest BCUT2D eigenvalue weighted by atomic mass is 35.5. The molecule has 0 aliphatic heterocycles. The molecule has 0 saturated carbocycles. The van der Waals surface area contributed by atoms with Crippen molar-refractivity contribution >= 4 is 40.5 Å². The van der Waals surface area contributed by atoms with E-state index in [0.717, 1.165) is 11.3 Å². The number of hydrogen-bond acceptors (Lipinski definition) is 3. The van der Waals surface area contributed by atoms with Gasteiger partial charge < -0.3 is 14.8 Å². The van der Waals surface area contributed by atoms with Crippen LogP contribution >= 0.6 is 34.8 Å². The minimum absolute atomic E-state index is 0.488. The quantitative estimate of drug-likeness (QED) is 0.799. The minimum atomic E-state index is 0.488. The van der Waals surface area contributed by atoms with Crippen molar-refractivity contribution in [2.24, 2.45) is 0 Å². The Hall–Kier alpha value is -1.29. The van der Waals surface area contributed by atoms with Crippen LogP contribution in [0.25, 0.3) is 0 Å². The summed E-state index contributed by atoms with van der Waals surface area (Å²) in [5.74, 6) is 1.23. The number of hydrogen-bond donors (Lipinski definition) is 1. The molecule has 0 aliphatic carbocycles. The van der Waals surface area contributed by atoms with Gasteiger partial charge in [0, 0.05) is 28.2 Å². The van der Waals surface area contributed by atoms with Gasteiger partial charge in [-0.25, -0.2) is 0 Å². The van der Waals surface area contributed by atoms with E-state index in [2.05, 4.69) is 5.32 Å². The topological polar surface area (TPSA) is 30.5 Å². The Balaban J connectivity index is 2.25. The van der Waals surface area contributed by atoms with Gasteiger partial charge in [-0.15, -0.1) is 0 Å². The highest BCUT2D eigenvalue weighted by Crippen LogP contribution is 2.35. The predicted molar refractivity (Wildman–Crippen MR) is 88.3 cm³/mol. The van der Waals surface area contributed by atoms with Gasteiger partial charge >= 0.3 is 0 Å². The van der Waals surface area contributed by atoms with E-state index in [9.17, 15) is 0 Å². The molecule has 3 nitrogen and oxygen atoms in total. The van der Waals surface area contributed by atoms with Gasteiger partial charge in [-0.05, 0) is 24.3 Å². The Kier molecular flexibility index (Phi) is 5.45.